The summed E-state index contributed by atoms with van der Waals surface area (Å²) in [6, 6.07) is 9.90. The number of fused-ring (bicyclic) bond motifs is 1. The van der Waals surface area contributed by atoms with Crippen molar-refractivity contribution in [2.45, 2.75) is 23.4 Å². The molecular formula is C14H13BrN2OS2. The van der Waals surface area contributed by atoms with E-state index >= 15 is 0 Å². The molecule has 6 heteroatoms. The average molecular weight is 369 g/mol. The molecule has 0 spiro atoms. The number of hydrogen-bond acceptors (Lipinski definition) is 5. The largest absolute Gasteiger partial charge is 0.431 e. The van der Waals surface area contributed by atoms with E-state index in [2.05, 4.69) is 32.4 Å². The maximum absolute atomic E-state index is 6.12. The Labute approximate surface area is 133 Å². The van der Waals surface area contributed by atoms with Crippen LogP contribution in [0.4, 0.5) is 0 Å². The second-order valence-corrected chi connectivity index (χ2v) is 7.46. The van der Waals surface area contributed by atoms with E-state index in [-0.39, 0.29) is 11.3 Å². The molecule has 0 aliphatic rings. The van der Waals surface area contributed by atoms with Gasteiger partial charge in [-0.25, -0.2) is 4.98 Å². The molecule has 2 heterocycles. The molecule has 3 aromatic rings. The molecular weight excluding hydrogens is 356 g/mol. The van der Waals surface area contributed by atoms with Gasteiger partial charge < -0.3 is 10.2 Å². The van der Waals surface area contributed by atoms with Crippen LogP contribution < -0.4 is 5.73 Å². The van der Waals surface area contributed by atoms with Crippen molar-refractivity contribution in [1.29, 1.82) is 0 Å². The van der Waals surface area contributed by atoms with Gasteiger partial charge >= 0.3 is 0 Å². The van der Waals surface area contributed by atoms with E-state index in [0.717, 1.165) is 15.6 Å². The lowest BCUT2D eigenvalue weighted by molar-refractivity contribution is 0.487. The Morgan fingerprint density at radius 2 is 2.20 bits per heavy atom. The lowest BCUT2D eigenvalue weighted by atomic mass is 10.2. The molecule has 2 unspecified atom stereocenters. The summed E-state index contributed by atoms with van der Waals surface area (Å²) in [6.45, 7) is 2.01. The van der Waals surface area contributed by atoms with Crippen molar-refractivity contribution in [3.63, 3.8) is 0 Å². The van der Waals surface area contributed by atoms with Gasteiger partial charge in [-0.2, -0.15) is 0 Å². The van der Waals surface area contributed by atoms with E-state index in [1.54, 1.807) is 23.1 Å². The number of para-hydroxylation sites is 2. The molecule has 0 bridgehead atoms. The number of oxazole rings is 1. The third-order valence-corrected chi connectivity index (χ3v) is 6.09. The van der Waals surface area contributed by atoms with Crippen LogP contribution in [-0.4, -0.2) is 11.0 Å². The number of nitrogens with two attached hydrogens (primary N) is 1. The molecule has 3 rings (SSSR count). The number of thioether (sulfide) groups is 1. The molecule has 0 amide bonds. The molecule has 0 fully saturated rings. The predicted molar refractivity (Wildman–Crippen MR) is 88.3 cm³/mol. The lowest BCUT2D eigenvalue weighted by Gasteiger charge is -2.16. The van der Waals surface area contributed by atoms with Gasteiger partial charge in [-0.3, -0.25) is 0 Å². The summed E-state index contributed by atoms with van der Waals surface area (Å²) in [5.41, 5.74) is 7.81. The fraction of sp³-hybridized carbons (Fsp3) is 0.214. The summed E-state index contributed by atoms with van der Waals surface area (Å²) in [6.07, 6.45) is 0. The van der Waals surface area contributed by atoms with Crippen LogP contribution >= 0.6 is 39.0 Å². The Morgan fingerprint density at radius 3 is 2.85 bits per heavy atom. The van der Waals surface area contributed by atoms with Gasteiger partial charge in [-0.15, -0.1) is 11.3 Å². The summed E-state index contributed by atoms with van der Waals surface area (Å²) in [7, 11) is 0. The molecule has 1 aromatic carbocycles. The minimum Gasteiger partial charge on any atom is -0.431 e. The normalized spacial score (nSPS) is 14.6. The van der Waals surface area contributed by atoms with E-state index < -0.39 is 0 Å². The van der Waals surface area contributed by atoms with Gasteiger partial charge in [-0.05, 0) is 41.1 Å². The monoisotopic (exact) mass is 368 g/mol. The van der Waals surface area contributed by atoms with Gasteiger partial charge in [0.2, 0.25) is 0 Å². The lowest BCUT2D eigenvalue weighted by Crippen LogP contribution is -2.21. The number of hydrogen-bond donors (Lipinski definition) is 1. The van der Waals surface area contributed by atoms with E-state index in [0.29, 0.717) is 5.22 Å². The topological polar surface area (TPSA) is 52.0 Å². The van der Waals surface area contributed by atoms with Gasteiger partial charge in [0, 0.05) is 20.8 Å². The minimum absolute atomic E-state index is 0.0144. The molecule has 2 N–H and O–H groups in total. The first-order valence-corrected chi connectivity index (χ1v) is 8.70. The highest BCUT2D eigenvalue weighted by atomic mass is 79.9. The standard InChI is InChI=1S/C14H13BrN2OS2/c1-8(16)13(12-6-9(15)7-19-12)20-14-17-10-4-2-3-5-11(10)18-14/h2-8,13H,16H2,1H3. The van der Waals surface area contributed by atoms with Crippen molar-refractivity contribution < 1.29 is 4.42 Å². The van der Waals surface area contributed by atoms with Crippen LogP contribution in [0.25, 0.3) is 11.1 Å². The molecule has 20 heavy (non-hydrogen) atoms. The highest BCUT2D eigenvalue weighted by molar-refractivity contribution is 9.10. The number of halogens is 1. The Bertz CT molecular complexity index is 690. The van der Waals surface area contributed by atoms with Crippen LogP contribution in [0, 0.1) is 0 Å². The van der Waals surface area contributed by atoms with Gasteiger partial charge in [0.05, 0.1) is 5.25 Å². The smallest absolute Gasteiger partial charge is 0.257 e. The Hall–Kier alpha value is -0.820. The molecule has 0 aliphatic carbocycles. The van der Waals surface area contributed by atoms with Crippen molar-refractivity contribution in [3.05, 3.63) is 45.1 Å². The maximum atomic E-state index is 6.12. The van der Waals surface area contributed by atoms with E-state index in [4.69, 9.17) is 10.2 Å². The number of thiophene rings is 1. The summed E-state index contributed by atoms with van der Waals surface area (Å²) < 4.78 is 6.85. The Balaban J connectivity index is 1.89. The second-order valence-electron chi connectivity index (χ2n) is 4.51. The second kappa shape index (κ2) is 5.89. The molecule has 2 aromatic heterocycles. The van der Waals surface area contributed by atoms with Crippen molar-refractivity contribution in [3.8, 4) is 0 Å². The zero-order valence-corrected chi connectivity index (χ0v) is 14.0. The molecule has 0 radical (unpaired) electrons. The summed E-state index contributed by atoms with van der Waals surface area (Å²) in [5, 5.41) is 2.87. The molecule has 2 atom stereocenters. The third-order valence-electron chi connectivity index (χ3n) is 2.85. The fourth-order valence-electron chi connectivity index (χ4n) is 1.91. The molecule has 3 nitrogen and oxygen atoms in total. The third kappa shape index (κ3) is 2.93. The molecule has 104 valence electrons. The van der Waals surface area contributed by atoms with Crippen LogP contribution in [0.2, 0.25) is 0 Å². The number of nitrogens with zero attached hydrogens (tertiary/aromatic N) is 1. The Kier molecular flexibility index (Phi) is 4.16. The first kappa shape index (κ1) is 14.1. The fourth-order valence-corrected chi connectivity index (χ4v) is 4.67. The number of rotatable bonds is 4. The summed E-state index contributed by atoms with van der Waals surface area (Å²) >= 11 is 6.76. The van der Waals surface area contributed by atoms with E-state index in [1.165, 1.54) is 4.88 Å². The first-order chi connectivity index (χ1) is 9.63. The van der Waals surface area contributed by atoms with Gasteiger partial charge in [-0.1, -0.05) is 23.9 Å². The average Bonchev–Trinajstić information content (AvgIpc) is 3.01. The Morgan fingerprint density at radius 1 is 1.40 bits per heavy atom. The molecule has 0 aliphatic heterocycles. The minimum atomic E-state index is 0.0144. The maximum Gasteiger partial charge on any atom is 0.257 e. The predicted octanol–water partition coefficient (Wildman–Crippen LogP) is 4.83. The highest BCUT2D eigenvalue weighted by Gasteiger charge is 2.22. The number of aromatic nitrogens is 1. The molecule has 0 saturated heterocycles. The molecule has 0 saturated carbocycles. The van der Waals surface area contributed by atoms with Crippen molar-refractivity contribution in [1.82, 2.24) is 4.98 Å². The van der Waals surface area contributed by atoms with Crippen molar-refractivity contribution >= 4 is 50.1 Å². The summed E-state index contributed by atoms with van der Waals surface area (Å²) in [5.74, 6) is 0. The van der Waals surface area contributed by atoms with Crippen LogP contribution in [0.3, 0.4) is 0 Å². The zero-order valence-electron chi connectivity index (χ0n) is 10.7. The zero-order chi connectivity index (χ0) is 14.1. The van der Waals surface area contributed by atoms with Gasteiger partial charge in [0.1, 0.15) is 5.52 Å². The summed E-state index contributed by atoms with van der Waals surface area (Å²) in [4.78, 5) is 5.72. The van der Waals surface area contributed by atoms with E-state index in [9.17, 15) is 0 Å². The van der Waals surface area contributed by atoms with Crippen LogP contribution in [0.1, 0.15) is 17.1 Å². The van der Waals surface area contributed by atoms with Crippen LogP contribution in [-0.2, 0) is 0 Å². The van der Waals surface area contributed by atoms with Crippen LogP contribution in [0.5, 0.6) is 0 Å². The first-order valence-electron chi connectivity index (χ1n) is 6.15. The quantitative estimate of drug-likeness (QED) is 0.669. The van der Waals surface area contributed by atoms with Crippen molar-refractivity contribution in [2.75, 3.05) is 0 Å². The van der Waals surface area contributed by atoms with Gasteiger partial charge in [0.25, 0.3) is 5.22 Å². The number of benzene rings is 1. The van der Waals surface area contributed by atoms with Gasteiger partial charge in [0.15, 0.2) is 5.58 Å². The SMILES string of the molecule is CC(N)C(Sc1nc2ccccc2o1)c1cc(Br)cs1. The van der Waals surface area contributed by atoms with Crippen molar-refractivity contribution in [2.24, 2.45) is 5.73 Å². The van der Waals surface area contributed by atoms with E-state index in [1.807, 2.05) is 31.2 Å². The highest BCUT2D eigenvalue weighted by Crippen LogP contribution is 2.41. The van der Waals surface area contributed by atoms with Crippen LogP contribution in [0.15, 0.2) is 49.8 Å².